The highest BCUT2D eigenvalue weighted by atomic mass is 79.9. The largest absolute Gasteiger partial charge is 0.319 e. The van der Waals surface area contributed by atoms with Crippen molar-refractivity contribution in [1.29, 1.82) is 0 Å². The summed E-state index contributed by atoms with van der Waals surface area (Å²) < 4.78 is 3.60. The summed E-state index contributed by atoms with van der Waals surface area (Å²) in [4.78, 5) is 17.3. The van der Waals surface area contributed by atoms with E-state index in [1.165, 1.54) is 0 Å². The highest BCUT2D eigenvalue weighted by Gasteiger charge is 2.19. The Morgan fingerprint density at radius 1 is 0.931 bits per heavy atom. The van der Waals surface area contributed by atoms with Crippen LogP contribution in [0.3, 0.4) is 0 Å². The second-order valence-corrected chi connectivity index (χ2v) is 8.31. The standard InChI is InChI=1S/C22H16Br2N4O/c1-14-3-2-4-15(13-14)21-26-20(22(29)25-18-9-5-16(23)6-10-18)27-28(21)19-11-7-17(24)8-12-19/h2-13H,1H3,(H,25,29). The van der Waals surface area contributed by atoms with Crippen LogP contribution in [-0.2, 0) is 0 Å². The van der Waals surface area contributed by atoms with Crippen LogP contribution >= 0.6 is 31.9 Å². The van der Waals surface area contributed by atoms with Gasteiger partial charge < -0.3 is 5.32 Å². The fourth-order valence-corrected chi connectivity index (χ4v) is 3.39. The molecule has 3 aromatic carbocycles. The quantitative estimate of drug-likeness (QED) is 0.364. The van der Waals surface area contributed by atoms with Crippen molar-refractivity contribution in [2.75, 3.05) is 5.32 Å². The Balaban J connectivity index is 1.75. The molecule has 1 amide bonds. The number of carbonyl (C=O) groups excluding carboxylic acids is 1. The number of hydrogen-bond acceptors (Lipinski definition) is 3. The summed E-state index contributed by atoms with van der Waals surface area (Å²) in [5.74, 6) is 0.349. The highest BCUT2D eigenvalue weighted by Crippen LogP contribution is 2.24. The van der Waals surface area contributed by atoms with Gasteiger partial charge in [0.05, 0.1) is 5.69 Å². The summed E-state index contributed by atoms with van der Waals surface area (Å²) in [6, 6.07) is 23.0. The van der Waals surface area contributed by atoms with E-state index >= 15 is 0 Å². The first kappa shape index (κ1) is 19.5. The number of nitrogens with zero attached hydrogens (tertiary/aromatic N) is 3. The smallest absolute Gasteiger partial charge is 0.295 e. The fourth-order valence-electron chi connectivity index (χ4n) is 2.86. The summed E-state index contributed by atoms with van der Waals surface area (Å²) in [6.07, 6.45) is 0. The molecule has 4 rings (SSSR count). The number of aryl methyl sites for hydroxylation is 1. The number of benzene rings is 3. The molecule has 0 aliphatic carbocycles. The molecule has 0 aliphatic heterocycles. The molecule has 0 fully saturated rings. The van der Waals surface area contributed by atoms with Crippen molar-refractivity contribution in [3.63, 3.8) is 0 Å². The number of rotatable bonds is 4. The van der Waals surface area contributed by atoms with Crippen molar-refractivity contribution >= 4 is 43.5 Å². The molecule has 0 spiro atoms. The van der Waals surface area contributed by atoms with E-state index in [0.29, 0.717) is 11.5 Å². The number of hydrogen-bond donors (Lipinski definition) is 1. The van der Waals surface area contributed by atoms with Gasteiger partial charge in [0, 0.05) is 20.2 Å². The molecule has 29 heavy (non-hydrogen) atoms. The normalized spacial score (nSPS) is 10.7. The van der Waals surface area contributed by atoms with E-state index < -0.39 is 0 Å². The molecular formula is C22H16Br2N4O. The summed E-state index contributed by atoms with van der Waals surface area (Å²) in [6.45, 7) is 2.02. The van der Waals surface area contributed by atoms with Gasteiger partial charge in [-0.3, -0.25) is 4.79 Å². The molecule has 0 radical (unpaired) electrons. The molecule has 0 bridgehead atoms. The zero-order valence-electron chi connectivity index (χ0n) is 15.4. The second kappa shape index (κ2) is 8.31. The van der Waals surface area contributed by atoms with Crippen LogP contribution in [0.25, 0.3) is 17.1 Å². The van der Waals surface area contributed by atoms with Gasteiger partial charge in [-0.05, 0) is 61.5 Å². The van der Waals surface area contributed by atoms with Crippen LogP contribution in [0, 0.1) is 6.92 Å². The van der Waals surface area contributed by atoms with E-state index in [0.717, 1.165) is 25.8 Å². The Morgan fingerprint density at radius 3 is 2.24 bits per heavy atom. The summed E-state index contributed by atoms with van der Waals surface area (Å²) >= 11 is 6.84. The molecule has 4 aromatic rings. The predicted octanol–water partition coefficient (Wildman–Crippen LogP) is 6.02. The number of aromatic nitrogens is 3. The van der Waals surface area contributed by atoms with Gasteiger partial charge in [-0.2, -0.15) is 0 Å². The minimum atomic E-state index is -0.364. The van der Waals surface area contributed by atoms with E-state index in [4.69, 9.17) is 0 Å². The van der Waals surface area contributed by atoms with Crippen molar-refractivity contribution in [1.82, 2.24) is 14.8 Å². The zero-order chi connectivity index (χ0) is 20.4. The van der Waals surface area contributed by atoms with Crippen LogP contribution in [0.1, 0.15) is 16.2 Å². The minimum Gasteiger partial charge on any atom is -0.319 e. The van der Waals surface area contributed by atoms with Crippen molar-refractivity contribution < 1.29 is 4.79 Å². The number of anilines is 1. The van der Waals surface area contributed by atoms with Crippen molar-refractivity contribution in [2.45, 2.75) is 6.92 Å². The number of amides is 1. The third-order valence-corrected chi connectivity index (χ3v) is 5.32. The van der Waals surface area contributed by atoms with Crippen LogP contribution in [0.5, 0.6) is 0 Å². The van der Waals surface area contributed by atoms with Crippen LogP contribution in [0.4, 0.5) is 5.69 Å². The van der Waals surface area contributed by atoms with Crippen molar-refractivity contribution in [3.05, 3.63) is 93.1 Å². The van der Waals surface area contributed by atoms with E-state index in [1.807, 2.05) is 79.7 Å². The average Bonchev–Trinajstić information content (AvgIpc) is 3.16. The first-order valence-electron chi connectivity index (χ1n) is 8.86. The summed E-state index contributed by atoms with van der Waals surface area (Å²) in [5, 5.41) is 7.34. The third kappa shape index (κ3) is 4.46. The minimum absolute atomic E-state index is 0.104. The number of carbonyl (C=O) groups is 1. The first-order chi connectivity index (χ1) is 14.0. The van der Waals surface area contributed by atoms with Gasteiger partial charge in [0.25, 0.3) is 5.91 Å². The lowest BCUT2D eigenvalue weighted by molar-refractivity contribution is 0.101. The molecule has 1 aromatic heterocycles. The molecule has 1 N–H and O–H groups in total. The summed E-state index contributed by atoms with van der Waals surface area (Å²) in [5.41, 5.74) is 3.49. The van der Waals surface area contributed by atoms with Crippen LogP contribution in [0.2, 0.25) is 0 Å². The molecule has 0 aliphatic rings. The molecular weight excluding hydrogens is 496 g/mol. The molecule has 5 nitrogen and oxygen atoms in total. The van der Waals surface area contributed by atoms with Gasteiger partial charge in [-0.15, -0.1) is 5.10 Å². The number of nitrogens with one attached hydrogen (secondary N) is 1. The molecule has 0 atom stereocenters. The molecule has 7 heteroatoms. The first-order valence-corrected chi connectivity index (χ1v) is 10.5. The lowest BCUT2D eigenvalue weighted by atomic mass is 10.1. The second-order valence-electron chi connectivity index (χ2n) is 6.48. The van der Waals surface area contributed by atoms with E-state index in [1.54, 1.807) is 4.68 Å². The van der Waals surface area contributed by atoms with E-state index in [9.17, 15) is 4.79 Å². The monoisotopic (exact) mass is 510 g/mol. The molecule has 1 heterocycles. The Bertz CT molecular complexity index is 1170. The SMILES string of the molecule is Cc1cccc(-c2nc(C(=O)Nc3ccc(Br)cc3)nn2-c2ccc(Br)cc2)c1. The maximum atomic E-state index is 12.8. The van der Waals surface area contributed by atoms with Crippen molar-refractivity contribution in [2.24, 2.45) is 0 Å². The van der Waals surface area contributed by atoms with Crippen LogP contribution in [-0.4, -0.2) is 20.7 Å². The topological polar surface area (TPSA) is 59.8 Å². The van der Waals surface area contributed by atoms with Gasteiger partial charge in [0.15, 0.2) is 5.82 Å². The average molecular weight is 512 g/mol. The summed E-state index contributed by atoms with van der Waals surface area (Å²) in [7, 11) is 0. The Hall–Kier alpha value is -2.77. The van der Waals surface area contributed by atoms with Gasteiger partial charge in [0.2, 0.25) is 5.82 Å². The Kier molecular flexibility index (Phi) is 5.60. The van der Waals surface area contributed by atoms with Gasteiger partial charge in [-0.1, -0.05) is 55.6 Å². The maximum absolute atomic E-state index is 12.8. The van der Waals surface area contributed by atoms with E-state index in [-0.39, 0.29) is 11.7 Å². The van der Waals surface area contributed by atoms with Gasteiger partial charge in [-0.25, -0.2) is 9.67 Å². The van der Waals surface area contributed by atoms with Gasteiger partial charge >= 0.3 is 0 Å². The van der Waals surface area contributed by atoms with Crippen LogP contribution in [0.15, 0.2) is 81.7 Å². The Morgan fingerprint density at radius 2 is 1.59 bits per heavy atom. The molecule has 0 saturated carbocycles. The maximum Gasteiger partial charge on any atom is 0.295 e. The zero-order valence-corrected chi connectivity index (χ0v) is 18.6. The fraction of sp³-hybridized carbons (Fsp3) is 0.0455. The molecule has 0 unspecified atom stereocenters. The van der Waals surface area contributed by atoms with Crippen LogP contribution < -0.4 is 5.32 Å². The van der Waals surface area contributed by atoms with Gasteiger partial charge in [0.1, 0.15) is 0 Å². The molecule has 144 valence electrons. The molecule has 0 saturated heterocycles. The van der Waals surface area contributed by atoms with Crippen molar-refractivity contribution in [3.8, 4) is 17.1 Å². The third-order valence-electron chi connectivity index (χ3n) is 4.26. The lowest BCUT2D eigenvalue weighted by Crippen LogP contribution is -2.14. The predicted molar refractivity (Wildman–Crippen MR) is 121 cm³/mol. The highest BCUT2D eigenvalue weighted by molar-refractivity contribution is 9.10. The number of halogens is 2. The van der Waals surface area contributed by atoms with E-state index in [2.05, 4.69) is 47.3 Å². The lowest BCUT2D eigenvalue weighted by Gasteiger charge is -2.06. The Labute approximate surface area is 185 Å².